The second-order valence-corrected chi connectivity index (χ2v) is 8.66. The Labute approximate surface area is 191 Å². The Balaban J connectivity index is 1.59. The summed E-state index contributed by atoms with van der Waals surface area (Å²) in [5, 5.41) is 0.383. The van der Waals surface area contributed by atoms with Crippen molar-refractivity contribution in [2.45, 2.75) is 5.54 Å². The second kappa shape index (κ2) is 7.35. The normalized spacial score (nSPS) is 18.4. The number of fused-ring (bicyclic) bond motifs is 4. The maximum Gasteiger partial charge on any atom is 0.220 e. The Hall–Kier alpha value is -3.85. The first-order valence-electron chi connectivity index (χ1n) is 10.1. The van der Waals surface area contributed by atoms with Crippen LogP contribution in [0.25, 0.3) is 22.5 Å². The van der Waals surface area contributed by atoms with Gasteiger partial charge in [-0.1, -0.05) is 17.8 Å². The minimum absolute atomic E-state index is 0.0848. The number of aromatic nitrogens is 3. The molecule has 2 N–H and O–H groups in total. The van der Waals surface area contributed by atoms with E-state index in [2.05, 4.69) is 15.0 Å². The molecular formula is C24H15F2N5OS. The summed E-state index contributed by atoms with van der Waals surface area (Å²) in [4.78, 5) is 17.0. The van der Waals surface area contributed by atoms with Crippen molar-refractivity contribution in [3.05, 3.63) is 90.0 Å². The van der Waals surface area contributed by atoms with Crippen molar-refractivity contribution in [2.24, 2.45) is 10.7 Å². The van der Waals surface area contributed by atoms with Crippen molar-refractivity contribution in [1.82, 2.24) is 15.0 Å². The van der Waals surface area contributed by atoms with E-state index in [-0.39, 0.29) is 5.75 Å². The lowest BCUT2D eigenvalue weighted by Crippen LogP contribution is -2.30. The van der Waals surface area contributed by atoms with Gasteiger partial charge in [-0.2, -0.15) is 4.39 Å². The lowest BCUT2D eigenvalue weighted by molar-refractivity contribution is 0.389. The van der Waals surface area contributed by atoms with Crippen LogP contribution in [-0.4, -0.2) is 25.9 Å². The molecule has 0 saturated carbocycles. The zero-order valence-corrected chi connectivity index (χ0v) is 17.8. The van der Waals surface area contributed by atoms with Crippen molar-refractivity contribution in [3.8, 4) is 34.0 Å². The van der Waals surface area contributed by atoms with Gasteiger partial charge in [-0.15, -0.1) is 0 Å². The fraction of sp³-hybridized carbons (Fsp3) is 0.0833. The number of nitrogens with two attached hydrogens (primary N) is 1. The summed E-state index contributed by atoms with van der Waals surface area (Å²) in [6, 6.07) is 13.4. The molecule has 0 saturated heterocycles. The topological polar surface area (TPSA) is 86.3 Å². The number of benzene rings is 2. The van der Waals surface area contributed by atoms with Crippen LogP contribution in [0.4, 0.5) is 8.78 Å². The van der Waals surface area contributed by atoms with Crippen LogP contribution < -0.4 is 10.5 Å². The smallest absolute Gasteiger partial charge is 0.220 e. The summed E-state index contributed by atoms with van der Waals surface area (Å²) in [5.74, 6) is 0.224. The van der Waals surface area contributed by atoms with Crippen LogP contribution in [0.15, 0.2) is 72.1 Å². The molecule has 1 atom stereocenters. The second-order valence-electron chi connectivity index (χ2n) is 7.66. The zero-order valence-electron chi connectivity index (χ0n) is 17.0. The van der Waals surface area contributed by atoms with Crippen LogP contribution in [0.3, 0.4) is 0 Å². The Kier molecular flexibility index (Phi) is 4.41. The number of ether oxygens (including phenoxy) is 1. The predicted molar refractivity (Wildman–Crippen MR) is 122 cm³/mol. The van der Waals surface area contributed by atoms with E-state index in [0.29, 0.717) is 50.3 Å². The number of amidine groups is 1. The fourth-order valence-corrected chi connectivity index (χ4v) is 5.21. The third kappa shape index (κ3) is 3.07. The summed E-state index contributed by atoms with van der Waals surface area (Å²) in [5.41, 5.74) is 7.75. The van der Waals surface area contributed by atoms with Crippen LogP contribution in [-0.2, 0) is 5.54 Å². The molecule has 4 heterocycles. The third-order valence-corrected chi connectivity index (χ3v) is 6.70. The fourth-order valence-electron chi connectivity index (χ4n) is 4.25. The van der Waals surface area contributed by atoms with Crippen molar-refractivity contribution in [1.29, 1.82) is 0 Å². The molecule has 6 rings (SSSR count). The average molecular weight is 459 g/mol. The Morgan fingerprint density at radius 2 is 1.70 bits per heavy atom. The first kappa shape index (κ1) is 19.8. The van der Waals surface area contributed by atoms with Crippen LogP contribution in [0.2, 0.25) is 0 Å². The van der Waals surface area contributed by atoms with Gasteiger partial charge in [-0.05, 0) is 48.0 Å². The van der Waals surface area contributed by atoms with E-state index >= 15 is 4.39 Å². The van der Waals surface area contributed by atoms with E-state index < -0.39 is 17.3 Å². The molecule has 4 aromatic rings. The lowest BCUT2D eigenvalue weighted by atomic mass is 9.80. The highest BCUT2D eigenvalue weighted by atomic mass is 32.2. The molecule has 0 amide bonds. The molecule has 0 fully saturated rings. The quantitative estimate of drug-likeness (QED) is 0.430. The van der Waals surface area contributed by atoms with Gasteiger partial charge in [-0.25, -0.2) is 24.3 Å². The SMILES string of the molecule is NC1=NC2(CS1)c1cc(-c3cccnc3F)ccc1Oc1c(F)cc(-c3ncccn3)cc12. The summed E-state index contributed by atoms with van der Waals surface area (Å²) in [7, 11) is 0. The first-order valence-corrected chi connectivity index (χ1v) is 11.1. The van der Waals surface area contributed by atoms with E-state index in [1.807, 2.05) is 6.07 Å². The number of hydrogen-bond donors (Lipinski definition) is 1. The highest BCUT2D eigenvalue weighted by molar-refractivity contribution is 8.14. The maximum atomic E-state index is 15.3. The highest BCUT2D eigenvalue weighted by Crippen LogP contribution is 2.55. The third-order valence-electron chi connectivity index (χ3n) is 5.75. The summed E-state index contributed by atoms with van der Waals surface area (Å²) < 4.78 is 35.7. The molecule has 2 aromatic heterocycles. The average Bonchev–Trinajstić information content (AvgIpc) is 3.23. The minimum Gasteiger partial charge on any atom is -0.453 e. The molecule has 0 bridgehead atoms. The monoisotopic (exact) mass is 459 g/mol. The maximum absolute atomic E-state index is 15.3. The number of thioether (sulfide) groups is 1. The molecule has 6 nitrogen and oxygen atoms in total. The van der Waals surface area contributed by atoms with E-state index in [1.165, 1.54) is 24.0 Å². The van der Waals surface area contributed by atoms with Gasteiger partial charge >= 0.3 is 0 Å². The van der Waals surface area contributed by atoms with Gasteiger partial charge in [0.05, 0.1) is 0 Å². The van der Waals surface area contributed by atoms with E-state index in [4.69, 9.17) is 15.5 Å². The Bertz CT molecular complexity index is 1450. The molecule has 0 radical (unpaired) electrons. The largest absolute Gasteiger partial charge is 0.453 e. The van der Waals surface area contributed by atoms with Gasteiger partial charge in [0.1, 0.15) is 11.3 Å². The Morgan fingerprint density at radius 3 is 2.45 bits per heavy atom. The number of hydrogen-bond acceptors (Lipinski definition) is 7. The highest BCUT2D eigenvalue weighted by Gasteiger charge is 2.47. The van der Waals surface area contributed by atoms with Crippen LogP contribution in [0.1, 0.15) is 11.1 Å². The van der Waals surface area contributed by atoms with Gasteiger partial charge in [0, 0.05) is 46.6 Å². The van der Waals surface area contributed by atoms with E-state index in [9.17, 15) is 4.39 Å². The molecular weight excluding hydrogens is 444 g/mol. The number of halogens is 2. The summed E-state index contributed by atoms with van der Waals surface area (Å²) in [6.07, 6.45) is 4.59. The van der Waals surface area contributed by atoms with Gasteiger partial charge < -0.3 is 10.5 Å². The van der Waals surface area contributed by atoms with Crippen molar-refractivity contribution in [3.63, 3.8) is 0 Å². The van der Waals surface area contributed by atoms with Gasteiger partial charge in [0.15, 0.2) is 22.6 Å². The molecule has 33 heavy (non-hydrogen) atoms. The van der Waals surface area contributed by atoms with Crippen LogP contribution >= 0.6 is 11.8 Å². The van der Waals surface area contributed by atoms with Crippen molar-refractivity contribution >= 4 is 16.9 Å². The van der Waals surface area contributed by atoms with Gasteiger partial charge in [0.25, 0.3) is 0 Å². The summed E-state index contributed by atoms with van der Waals surface area (Å²) >= 11 is 1.37. The number of pyridine rings is 1. The Morgan fingerprint density at radius 1 is 0.909 bits per heavy atom. The van der Waals surface area contributed by atoms with E-state index in [0.717, 1.165) is 0 Å². The molecule has 162 valence electrons. The molecule has 2 aliphatic heterocycles. The molecule has 1 spiro atoms. The number of nitrogens with zero attached hydrogens (tertiary/aromatic N) is 4. The zero-order chi connectivity index (χ0) is 22.6. The standard InChI is InChI=1S/C24H15F2N5OS/c25-18-11-14(22-29-7-2-8-30-22)10-17-20(18)32-19-5-4-13(15-3-1-6-28-21(15)26)9-16(19)24(17)12-33-23(27)31-24/h1-11H,12H2,(H2,27,31). The molecule has 0 aliphatic carbocycles. The number of rotatable bonds is 2. The van der Waals surface area contributed by atoms with Gasteiger partial charge in [-0.3, -0.25) is 0 Å². The predicted octanol–water partition coefficient (Wildman–Crippen LogP) is 4.89. The van der Waals surface area contributed by atoms with Crippen LogP contribution in [0.5, 0.6) is 11.5 Å². The van der Waals surface area contributed by atoms with Crippen molar-refractivity contribution < 1.29 is 13.5 Å². The first-order chi connectivity index (χ1) is 16.0. The number of aliphatic imine (C=N–C) groups is 1. The molecule has 2 aromatic carbocycles. The minimum atomic E-state index is -1.00. The van der Waals surface area contributed by atoms with Gasteiger partial charge in [0.2, 0.25) is 5.95 Å². The molecule has 2 aliphatic rings. The lowest BCUT2D eigenvalue weighted by Gasteiger charge is -2.35. The van der Waals surface area contributed by atoms with Crippen molar-refractivity contribution in [2.75, 3.05) is 5.75 Å². The van der Waals surface area contributed by atoms with Crippen LogP contribution in [0, 0.1) is 11.8 Å². The summed E-state index contributed by atoms with van der Waals surface area (Å²) in [6.45, 7) is 0. The molecule has 1 unspecified atom stereocenters. The van der Waals surface area contributed by atoms with E-state index in [1.54, 1.807) is 48.8 Å². The molecule has 9 heteroatoms.